The molecule has 1 unspecified atom stereocenters. The van der Waals surface area contributed by atoms with Crippen LogP contribution >= 0.6 is 11.6 Å². The Bertz CT molecular complexity index is 1010. The van der Waals surface area contributed by atoms with Gasteiger partial charge in [-0.05, 0) is 29.8 Å². The van der Waals surface area contributed by atoms with Crippen molar-refractivity contribution in [3.8, 4) is 0 Å². The molecular weight excluding hydrogens is 390 g/mol. The lowest BCUT2D eigenvalue weighted by Crippen LogP contribution is -2.52. The zero-order chi connectivity index (χ0) is 20.2. The molecule has 0 aliphatic carbocycles. The highest BCUT2D eigenvalue weighted by molar-refractivity contribution is 6.31. The molecule has 4 rings (SSSR count). The number of carbonyl (C=O) groups is 2. The summed E-state index contributed by atoms with van der Waals surface area (Å²) >= 11 is 6.03. The summed E-state index contributed by atoms with van der Waals surface area (Å²) in [5.41, 5.74) is 2.21. The van der Waals surface area contributed by atoms with Gasteiger partial charge in [0.15, 0.2) is 0 Å². The second-order valence-electron chi connectivity index (χ2n) is 7.07. The van der Waals surface area contributed by atoms with Crippen LogP contribution in [0.5, 0.6) is 0 Å². The van der Waals surface area contributed by atoms with E-state index in [1.54, 1.807) is 23.1 Å². The zero-order valence-corrected chi connectivity index (χ0v) is 16.6. The molecule has 1 saturated heterocycles. The van der Waals surface area contributed by atoms with E-state index in [-0.39, 0.29) is 11.8 Å². The molecule has 0 spiro atoms. The Labute approximate surface area is 173 Å². The van der Waals surface area contributed by atoms with E-state index in [2.05, 4.69) is 10.3 Å². The smallest absolute Gasteiger partial charge is 0.268 e. The van der Waals surface area contributed by atoms with Crippen LogP contribution in [0, 0.1) is 0 Å². The van der Waals surface area contributed by atoms with Crippen molar-refractivity contribution in [3.63, 3.8) is 0 Å². The second-order valence-corrected chi connectivity index (χ2v) is 7.50. The number of nitrogens with one attached hydrogen (secondary N) is 2. The predicted molar refractivity (Wildman–Crippen MR) is 112 cm³/mol. The Balaban J connectivity index is 1.55. The van der Waals surface area contributed by atoms with Crippen LogP contribution in [0.4, 0.5) is 0 Å². The number of aromatic nitrogens is 1. The monoisotopic (exact) mass is 411 g/mol. The number of carbonyl (C=O) groups excluding carboxylic acids is 2. The Morgan fingerprint density at radius 3 is 2.62 bits per heavy atom. The molecule has 1 fully saturated rings. The summed E-state index contributed by atoms with van der Waals surface area (Å²) in [5.74, 6) is -0.412. The standard InChI is InChI=1S/C22H22ClN3O3/c23-17-6-7-18-16(13-17)14-19(24-18)21(27)25-20(12-15-4-2-1-3-5-15)22(28)26-8-10-29-11-9-26/h1-7,13-14,20,24H,8-12H2,(H,25,27). The van der Waals surface area contributed by atoms with E-state index in [9.17, 15) is 9.59 Å². The molecule has 2 heterocycles. The molecule has 0 bridgehead atoms. The molecule has 150 valence electrons. The SMILES string of the molecule is O=C(NC(Cc1ccccc1)C(=O)N1CCOCC1)c1cc2cc(Cl)ccc2[nH]1. The molecule has 1 aliphatic heterocycles. The van der Waals surface area contributed by atoms with E-state index in [1.165, 1.54) is 0 Å². The van der Waals surface area contributed by atoms with Gasteiger partial charge >= 0.3 is 0 Å². The minimum absolute atomic E-state index is 0.0929. The van der Waals surface area contributed by atoms with Crippen molar-refractivity contribution < 1.29 is 14.3 Å². The molecule has 3 aromatic rings. The molecule has 2 amide bonds. The molecular formula is C22H22ClN3O3. The van der Waals surface area contributed by atoms with Gasteiger partial charge in [-0.25, -0.2) is 0 Å². The number of benzene rings is 2. The number of fused-ring (bicyclic) bond motifs is 1. The van der Waals surface area contributed by atoms with Crippen molar-refractivity contribution in [1.82, 2.24) is 15.2 Å². The first kappa shape index (κ1) is 19.5. The van der Waals surface area contributed by atoms with E-state index >= 15 is 0 Å². The van der Waals surface area contributed by atoms with Crippen molar-refractivity contribution in [1.29, 1.82) is 0 Å². The fraction of sp³-hybridized carbons (Fsp3) is 0.273. The predicted octanol–water partition coefficient (Wildman–Crippen LogP) is 3.02. The molecule has 0 saturated carbocycles. The van der Waals surface area contributed by atoms with Gasteiger partial charge in [0.2, 0.25) is 5.91 Å². The molecule has 7 heteroatoms. The van der Waals surface area contributed by atoms with Gasteiger partial charge in [-0.1, -0.05) is 41.9 Å². The van der Waals surface area contributed by atoms with E-state index in [0.717, 1.165) is 16.5 Å². The fourth-order valence-electron chi connectivity index (χ4n) is 3.52. The lowest BCUT2D eigenvalue weighted by molar-refractivity contribution is -0.137. The first-order valence-electron chi connectivity index (χ1n) is 9.60. The number of aromatic amines is 1. The number of amides is 2. The van der Waals surface area contributed by atoms with E-state index in [1.807, 2.05) is 36.4 Å². The third-order valence-electron chi connectivity index (χ3n) is 5.04. The van der Waals surface area contributed by atoms with Crippen LogP contribution in [0.25, 0.3) is 10.9 Å². The summed E-state index contributed by atoms with van der Waals surface area (Å²) in [6.07, 6.45) is 0.425. The second kappa shape index (κ2) is 8.68. The van der Waals surface area contributed by atoms with Crippen LogP contribution in [0.15, 0.2) is 54.6 Å². The lowest BCUT2D eigenvalue weighted by Gasteiger charge is -2.30. The number of nitrogens with zero attached hydrogens (tertiary/aromatic N) is 1. The van der Waals surface area contributed by atoms with Gasteiger partial charge in [0.05, 0.1) is 13.2 Å². The van der Waals surface area contributed by atoms with Crippen molar-refractivity contribution in [3.05, 3.63) is 70.9 Å². The number of ether oxygens (including phenoxy) is 1. The number of hydrogen-bond acceptors (Lipinski definition) is 3. The number of hydrogen-bond donors (Lipinski definition) is 2. The number of morpholine rings is 1. The molecule has 1 atom stereocenters. The van der Waals surface area contributed by atoms with Gasteiger partial charge < -0.3 is 19.9 Å². The summed E-state index contributed by atoms with van der Waals surface area (Å²) < 4.78 is 5.34. The summed E-state index contributed by atoms with van der Waals surface area (Å²) in [7, 11) is 0. The van der Waals surface area contributed by atoms with Crippen LogP contribution in [0.1, 0.15) is 16.1 Å². The maximum atomic E-state index is 13.1. The van der Waals surface area contributed by atoms with Gasteiger partial charge in [0.25, 0.3) is 5.91 Å². The third kappa shape index (κ3) is 4.60. The first-order chi connectivity index (χ1) is 14.1. The summed E-state index contributed by atoms with van der Waals surface area (Å²) in [5, 5.41) is 4.37. The molecule has 29 heavy (non-hydrogen) atoms. The van der Waals surface area contributed by atoms with Crippen LogP contribution in [0.3, 0.4) is 0 Å². The Kier molecular flexibility index (Phi) is 5.83. The minimum Gasteiger partial charge on any atom is -0.378 e. The highest BCUT2D eigenvalue weighted by atomic mass is 35.5. The van der Waals surface area contributed by atoms with Crippen molar-refractivity contribution in [2.24, 2.45) is 0 Å². The molecule has 6 nitrogen and oxygen atoms in total. The van der Waals surface area contributed by atoms with Crippen LogP contribution in [-0.2, 0) is 16.0 Å². The maximum Gasteiger partial charge on any atom is 0.268 e. The fourth-order valence-corrected chi connectivity index (χ4v) is 3.70. The molecule has 0 radical (unpaired) electrons. The largest absolute Gasteiger partial charge is 0.378 e. The van der Waals surface area contributed by atoms with E-state index < -0.39 is 6.04 Å². The molecule has 2 aromatic carbocycles. The Morgan fingerprint density at radius 1 is 1.10 bits per heavy atom. The topological polar surface area (TPSA) is 74.4 Å². The maximum absolute atomic E-state index is 13.1. The number of rotatable bonds is 5. The van der Waals surface area contributed by atoms with E-state index in [0.29, 0.717) is 43.4 Å². The van der Waals surface area contributed by atoms with Crippen molar-refractivity contribution in [2.75, 3.05) is 26.3 Å². The minimum atomic E-state index is -0.655. The summed E-state index contributed by atoms with van der Waals surface area (Å²) in [6, 6.07) is 16.2. The summed E-state index contributed by atoms with van der Waals surface area (Å²) in [4.78, 5) is 30.9. The van der Waals surface area contributed by atoms with Crippen LogP contribution in [0.2, 0.25) is 5.02 Å². The van der Waals surface area contributed by atoms with Crippen LogP contribution in [-0.4, -0.2) is 54.0 Å². The third-order valence-corrected chi connectivity index (χ3v) is 5.27. The highest BCUT2D eigenvalue weighted by Gasteiger charge is 2.28. The first-order valence-corrected chi connectivity index (χ1v) is 9.97. The lowest BCUT2D eigenvalue weighted by atomic mass is 10.0. The van der Waals surface area contributed by atoms with Gasteiger partial charge in [-0.15, -0.1) is 0 Å². The number of halogens is 1. The van der Waals surface area contributed by atoms with E-state index in [4.69, 9.17) is 16.3 Å². The van der Waals surface area contributed by atoms with Crippen LogP contribution < -0.4 is 5.32 Å². The molecule has 1 aliphatic rings. The average Bonchev–Trinajstić information content (AvgIpc) is 3.17. The normalized spacial score (nSPS) is 15.3. The number of H-pyrrole nitrogens is 1. The molecule has 2 N–H and O–H groups in total. The van der Waals surface area contributed by atoms with Crippen molar-refractivity contribution >= 4 is 34.3 Å². The van der Waals surface area contributed by atoms with Gasteiger partial charge in [-0.3, -0.25) is 9.59 Å². The average molecular weight is 412 g/mol. The zero-order valence-electron chi connectivity index (χ0n) is 15.9. The quantitative estimate of drug-likeness (QED) is 0.677. The summed E-state index contributed by atoms with van der Waals surface area (Å²) in [6.45, 7) is 2.09. The Hall–Kier alpha value is -2.83. The molecule has 1 aromatic heterocycles. The highest BCUT2D eigenvalue weighted by Crippen LogP contribution is 2.20. The van der Waals surface area contributed by atoms with Crippen molar-refractivity contribution in [2.45, 2.75) is 12.5 Å². The van der Waals surface area contributed by atoms with Gasteiger partial charge in [0, 0.05) is 35.4 Å². The van der Waals surface area contributed by atoms with Gasteiger partial charge in [-0.2, -0.15) is 0 Å². The van der Waals surface area contributed by atoms with Gasteiger partial charge in [0.1, 0.15) is 11.7 Å². The Morgan fingerprint density at radius 2 is 1.86 bits per heavy atom.